The van der Waals surface area contributed by atoms with E-state index in [-0.39, 0.29) is 52.1 Å². The predicted molar refractivity (Wildman–Crippen MR) is 150 cm³/mol. The number of rotatable bonds is 8. The van der Waals surface area contributed by atoms with Crippen LogP contribution in [0, 0.1) is 0 Å². The SMILES string of the molecule is CC[NH+](CC)CC.[O-2].[O-2].[O-]/C(=N\N=C\c1cc(N=Nc2ccccc2)ccc1[O-])c1cc2ccccc2cc1O.[V]. The molecule has 1 radical (unpaired) electrons. The number of benzene rings is 4. The molecule has 217 valence electrons. The molecular weight excluding hydrogens is 561 g/mol. The van der Waals surface area contributed by atoms with E-state index in [9.17, 15) is 15.3 Å². The van der Waals surface area contributed by atoms with Gasteiger partial charge in [0.2, 0.25) is 0 Å². The number of hydrogen-bond donors (Lipinski definition) is 2. The molecule has 0 aliphatic heterocycles. The molecule has 0 saturated carbocycles. The smallest absolute Gasteiger partial charge is 0.124 e. The molecule has 11 heteroatoms. The van der Waals surface area contributed by atoms with Crippen LogP contribution in [0.4, 0.5) is 11.4 Å². The van der Waals surface area contributed by atoms with E-state index in [1.165, 1.54) is 44.0 Å². The fraction of sp³-hybridized carbons (Fsp3) is 0.200. The van der Waals surface area contributed by atoms with Crippen LogP contribution in [0.25, 0.3) is 10.8 Å². The summed E-state index contributed by atoms with van der Waals surface area (Å²) < 4.78 is 0. The number of nitrogens with one attached hydrogen (secondary N) is 1. The maximum absolute atomic E-state index is 12.4. The van der Waals surface area contributed by atoms with Crippen LogP contribution in [0.5, 0.6) is 11.5 Å². The van der Waals surface area contributed by atoms with E-state index in [0.717, 1.165) is 10.8 Å². The van der Waals surface area contributed by atoms with Gasteiger partial charge in [-0.25, -0.2) is 0 Å². The van der Waals surface area contributed by atoms with Crippen molar-refractivity contribution in [1.82, 2.24) is 0 Å². The van der Waals surface area contributed by atoms with Gasteiger partial charge in [0.05, 0.1) is 37.2 Å². The van der Waals surface area contributed by atoms with E-state index in [1.54, 1.807) is 29.2 Å². The van der Waals surface area contributed by atoms with Crippen LogP contribution in [0.2, 0.25) is 0 Å². The third-order valence-electron chi connectivity index (χ3n) is 5.97. The molecule has 0 spiro atoms. The third-order valence-corrected chi connectivity index (χ3v) is 5.97. The molecule has 41 heavy (non-hydrogen) atoms. The Bertz CT molecular complexity index is 1420. The first-order valence-electron chi connectivity index (χ1n) is 12.6. The van der Waals surface area contributed by atoms with Gasteiger partial charge in [-0.05, 0) is 73.5 Å². The van der Waals surface area contributed by atoms with E-state index in [0.29, 0.717) is 11.4 Å². The molecule has 0 aliphatic rings. The van der Waals surface area contributed by atoms with Crippen LogP contribution >= 0.6 is 0 Å². The van der Waals surface area contributed by atoms with Gasteiger partial charge < -0.3 is 31.2 Å². The van der Waals surface area contributed by atoms with Crippen molar-refractivity contribution in [2.75, 3.05) is 19.6 Å². The predicted octanol–water partition coefficient (Wildman–Crippen LogP) is 3.87. The monoisotopic (exact) mass is 593 g/mol. The van der Waals surface area contributed by atoms with E-state index >= 15 is 0 Å². The fourth-order valence-corrected chi connectivity index (χ4v) is 3.66. The van der Waals surface area contributed by atoms with Crippen molar-refractivity contribution in [3.05, 3.63) is 96.1 Å². The fourth-order valence-electron chi connectivity index (χ4n) is 3.66. The van der Waals surface area contributed by atoms with Crippen molar-refractivity contribution in [3.63, 3.8) is 0 Å². The van der Waals surface area contributed by atoms with Gasteiger partial charge in [0.1, 0.15) is 5.75 Å². The van der Waals surface area contributed by atoms with Crippen LogP contribution in [-0.4, -0.2) is 36.9 Å². The van der Waals surface area contributed by atoms with Gasteiger partial charge >= 0.3 is 0 Å². The molecule has 4 aromatic rings. The first kappa shape index (κ1) is 36.9. The number of aromatic hydroxyl groups is 1. The van der Waals surface area contributed by atoms with E-state index in [4.69, 9.17) is 0 Å². The van der Waals surface area contributed by atoms with E-state index in [2.05, 4.69) is 41.2 Å². The zero-order valence-electron chi connectivity index (χ0n) is 23.1. The first-order valence-corrected chi connectivity index (χ1v) is 12.6. The molecule has 4 rings (SSSR count). The Labute approximate surface area is 251 Å². The molecule has 0 aliphatic carbocycles. The maximum Gasteiger partial charge on any atom is 0.124 e. The van der Waals surface area contributed by atoms with Crippen molar-refractivity contribution < 1.29 is 49.7 Å². The Kier molecular flexibility index (Phi) is 17.2. The summed E-state index contributed by atoms with van der Waals surface area (Å²) in [6.07, 6.45) is 1.18. The van der Waals surface area contributed by atoms with Crippen LogP contribution in [0.3, 0.4) is 0 Å². The second-order valence-corrected chi connectivity index (χ2v) is 8.43. The second kappa shape index (κ2) is 19.1. The maximum atomic E-state index is 12.4. The second-order valence-electron chi connectivity index (χ2n) is 8.43. The van der Waals surface area contributed by atoms with Crippen molar-refractivity contribution in [1.29, 1.82) is 0 Å². The van der Waals surface area contributed by atoms with Crippen molar-refractivity contribution in [2.24, 2.45) is 20.4 Å². The molecule has 0 saturated heterocycles. The standard InChI is InChI=1S/C24H18N4O3.C6H15N.2O.V/c29-22-11-10-20(27-26-19-8-2-1-3-9-19)12-18(22)15-25-28-24(31)21-13-16-6-4-5-7-17(16)14-23(21)30;1-4-7(5-2)6-3;;;/h1-15,29-30H,(H,28,31);4-6H2,1-3H3;;;/q;;2*-2;/p-1/b25-15+,27-26?;;;;. The number of azo groups is 1. The Morgan fingerprint density at radius 2 is 1.34 bits per heavy atom. The summed E-state index contributed by atoms with van der Waals surface area (Å²) in [4.78, 5) is 1.68. The molecule has 0 heterocycles. The van der Waals surface area contributed by atoms with E-state index < -0.39 is 5.90 Å². The first-order chi connectivity index (χ1) is 18.4. The average Bonchev–Trinajstić information content (AvgIpc) is 2.94. The van der Waals surface area contributed by atoms with Crippen LogP contribution in [-0.2, 0) is 29.5 Å². The number of quaternary nitrogens is 1. The Hall–Kier alpha value is -4.06. The number of fused-ring (bicyclic) bond motifs is 1. The summed E-state index contributed by atoms with van der Waals surface area (Å²) in [6.45, 7) is 10.5. The number of nitrogens with zero attached hydrogens (tertiary/aromatic N) is 4. The number of phenolic OH excluding ortho intramolecular Hbond substituents is 1. The Morgan fingerprint density at radius 3 is 1.93 bits per heavy atom. The minimum atomic E-state index is -0.716. The molecular formula is C30H32N5O5V-5. The Balaban J connectivity index is 0.00000143. The summed E-state index contributed by atoms with van der Waals surface area (Å²) in [5.74, 6) is -1.19. The molecule has 0 atom stereocenters. The van der Waals surface area contributed by atoms with Crippen molar-refractivity contribution in [3.8, 4) is 11.5 Å². The summed E-state index contributed by atoms with van der Waals surface area (Å²) >= 11 is 0. The van der Waals surface area contributed by atoms with E-state index in [1.807, 2.05) is 42.5 Å². The quantitative estimate of drug-likeness (QED) is 0.137. The van der Waals surface area contributed by atoms with Gasteiger partial charge in [0.25, 0.3) is 0 Å². The third kappa shape index (κ3) is 11.2. The Morgan fingerprint density at radius 1 is 0.780 bits per heavy atom. The van der Waals surface area contributed by atoms with Crippen molar-refractivity contribution in [2.45, 2.75) is 20.8 Å². The van der Waals surface area contributed by atoms with Gasteiger partial charge in [0.15, 0.2) is 0 Å². The molecule has 0 fully saturated rings. The van der Waals surface area contributed by atoms with Gasteiger partial charge in [0, 0.05) is 30.0 Å². The zero-order valence-corrected chi connectivity index (χ0v) is 24.5. The minimum Gasteiger partial charge on any atom is -2.00 e. The molecule has 4 aromatic carbocycles. The number of hydrogen-bond acceptors (Lipinski definition) is 7. The minimum absolute atomic E-state index is 0. The molecule has 0 bridgehead atoms. The largest absolute Gasteiger partial charge is 2.00 e. The molecule has 10 nitrogen and oxygen atoms in total. The van der Waals surface area contributed by atoms with Gasteiger partial charge in [-0.3, -0.25) is 0 Å². The zero-order chi connectivity index (χ0) is 27.3. The molecule has 0 amide bonds. The van der Waals surface area contributed by atoms with Gasteiger partial charge in [-0.2, -0.15) is 20.4 Å². The van der Waals surface area contributed by atoms with Gasteiger partial charge in [-0.1, -0.05) is 54.3 Å². The summed E-state index contributed by atoms with van der Waals surface area (Å²) in [7, 11) is 0. The normalized spacial score (nSPS) is 11.0. The average molecular weight is 594 g/mol. The number of phenols is 1. The summed E-state index contributed by atoms with van der Waals surface area (Å²) in [5, 5.41) is 51.7. The topological polar surface area (TPSA) is 177 Å². The van der Waals surface area contributed by atoms with Crippen LogP contribution < -0.4 is 15.1 Å². The van der Waals surface area contributed by atoms with Crippen molar-refractivity contribution >= 4 is 34.3 Å². The molecule has 2 N–H and O–H groups in total. The summed E-state index contributed by atoms with van der Waals surface area (Å²) in [6, 6.07) is 24.0. The van der Waals surface area contributed by atoms with Gasteiger partial charge in [-0.15, -0.1) is 0 Å². The van der Waals surface area contributed by atoms with Crippen LogP contribution in [0.15, 0.2) is 105 Å². The summed E-state index contributed by atoms with van der Waals surface area (Å²) in [5.41, 5.74) is 1.38. The molecule has 0 unspecified atom stereocenters. The van der Waals surface area contributed by atoms with Crippen LogP contribution in [0.1, 0.15) is 31.9 Å². The molecule has 0 aromatic heterocycles.